The summed E-state index contributed by atoms with van der Waals surface area (Å²) >= 11 is 1.80. The van der Waals surface area contributed by atoms with Crippen molar-refractivity contribution in [3.05, 3.63) is 212 Å². The molecule has 4 aromatic heterocycles. The molecule has 0 saturated heterocycles. The zero-order valence-corrected chi connectivity index (χ0v) is 34.7. The van der Waals surface area contributed by atoms with Crippen LogP contribution in [0.25, 0.3) is 120 Å². The van der Waals surface area contributed by atoms with E-state index >= 15 is 0 Å². The van der Waals surface area contributed by atoms with Gasteiger partial charge in [-0.3, -0.25) is 4.57 Å². The maximum Gasteiger partial charge on any atom is 0.238 e. The first-order valence-corrected chi connectivity index (χ1v) is 22.0. The zero-order valence-electron chi connectivity index (χ0n) is 33.9. The lowest BCUT2D eigenvalue weighted by Crippen LogP contribution is -2.07. The number of hydrogen-bond acceptors (Lipinski definition) is 4. The minimum absolute atomic E-state index is 0.565. The van der Waals surface area contributed by atoms with Gasteiger partial charge in [-0.1, -0.05) is 176 Å². The van der Waals surface area contributed by atoms with E-state index in [4.69, 9.17) is 15.0 Å². The van der Waals surface area contributed by atoms with Gasteiger partial charge in [0.2, 0.25) is 5.95 Å². The van der Waals surface area contributed by atoms with E-state index in [0.29, 0.717) is 17.6 Å². The Morgan fingerprint density at radius 3 is 1.51 bits per heavy atom. The first kappa shape index (κ1) is 35.6. The van der Waals surface area contributed by atoms with Crippen molar-refractivity contribution in [1.82, 2.24) is 24.1 Å². The van der Waals surface area contributed by atoms with Crippen molar-refractivity contribution in [3.8, 4) is 56.7 Å². The van der Waals surface area contributed by atoms with E-state index < -0.39 is 0 Å². The average molecular weight is 822 g/mol. The number of benzene rings is 9. The summed E-state index contributed by atoms with van der Waals surface area (Å²) in [5.74, 6) is 1.81. The summed E-state index contributed by atoms with van der Waals surface area (Å²) < 4.78 is 7.18. The number of para-hydroxylation sites is 2. The molecule has 4 heterocycles. The van der Waals surface area contributed by atoms with Gasteiger partial charge in [-0.15, -0.1) is 11.3 Å². The third kappa shape index (κ3) is 5.66. The van der Waals surface area contributed by atoms with Crippen molar-refractivity contribution < 1.29 is 0 Å². The highest BCUT2D eigenvalue weighted by molar-refractivity contribution is 7.25. The number of nitrogens with zero attached hydrogens (tertiary/aromatic N) is 5. The van der Waals surface area contributed by atoms with Crippen molar-refractivity contribution in [2.75, 3.05) is 0 Å². The maximum absolute atomic E-state index is 5.43. The molecule has 0 N–H and O–H groups in total. The first-order valence-electron chi connectivity index (χ1n) is 21.2. The summed E-state index contributed by atoms with van der Waals surface area (Å²) in [5, 5.41) is 7.09. The summed E-state index contributed by atoms with van der Waals surface area (Å²) in [6.45, 7) is 0. The molecule has 0 saturated carbocycles. The lowest BCUT2D eigenvalue weighted by atomic mass is 9.94. The number of rotatable bonds is 6. The van der Waals surface area contributed by atoms with Crippen molar-refractivity contribution in [3.63, 3.8) is 0 Å². The van der Waals surface area contributed by atoms with Gasteiger partial charge in [-0.2, -0.15) is 9.97 Å². The number of hydrogen-bond donors (Lipinski definition) is 0. The van der Waals surface area contributed by atoms with E-state index in [2.05, 4.69) is 203 Å². The van der Waals surface area contributed by atoms with Gasteiger partial charge >= 0.3 is 0 Å². The van der Waals surface area contributed by atoms with E-state index in [1.807, 2.05) is 18.2 Å². The van der Waals surface area contributed by atoms with Crippen LogP contribution in [0.5, 0.6) is 0 Å². The lowest BCUT2D eigenvalue weighted by molar-refractivity contribution is 0.953. The molecule has 0 fully saturated rings. The average Bonchev–Trinajstić information content (AvgIpc) is 4.02. The molecule has 0 aliphatic heterocycles. The largest absolute Gasteiger partial charge is 0.307 e. The molecular formula is C57H35N5S. The Labute approximate surface area is 366 Å². The van der Waals surface area contributed by atoms with Gasteiger partial charge in [-0.25, -0.2) is 4.98 Å². The highest BCUT2D eigenvalue weighted by atomic mass is 32.1. The molecule has 13 rings (SSSR count). The van der Waals surface area contributed by atoms with Crippen LogP contribution in [0.1, 0.15) is 0 Å². The standard InChI is InChI=1S/C57H35N5S/c1-4-16-36(17-5-1)41-31-29-40(35-48(41)37-18-6-2-7-19-37)61-49-25-13-10-22-42(49)46-32-33-47-43-23-11-14-26-50(43)62(54(47)53(46)61)57-59-55(38-20-8-3-9-21-38)58-56(60-57)39-28-30-45-44-24-12-15-27-51(44)63-52(45)34-39/h1-35H. The van der Waals surface area contributed by atoms with E-state index in [9.17, 15) is 0 Å². The number of aromatic nitrogens is 5. The fourth-order valence-electron chi connectivity index (χ4n) is 9.55. The summed E-state index contributed by atoms with van der Waals surface area (Å²) in [4.78, 5) is 16.0. The lowest BCUT2D eigenvalue weighted by Gasteiger charge is -2.16. The summed E-state index contributed by atoms with van der Waals surface area (Å²) in [5.41, 5.74) is 11.9. The van der Waals surface area contributed by atoms with Gasteiger partial charge in [0.1, 0.15) is 0 Å². The Kier molecular flexibility index (Phi) is 8.01. The highest BCUT2D eigenvalue weighted by Gasteiger charge is 2.24. The Bertz CT molecular complexity index is 3900. The Balaban J connectivity index is 1.13. The maximum atomic E-state index is 5.43. The Morgan fingerprint density at radius 1 is 0.317 bits per heavy atom. The van der Waals surface area contributed by atoms with Gasteiger partial charge in [0.15, 0.2) is 11.6 Å². The summed E-state index contributed by atoms with van der Waals surface area (Å²) in [6.07, 6.45) is 0. The molecule has 0 aliphatic carbocycles. The predicted molar refractivity (Wildman–Crippen MR) is 263 cm³/mol. The number of thiophene rings is 1. The highest BCUT2D eigenvalue weighted by Crippen LogP contribution is 2.43. The second-order valence-electron chi connectivity index (χ2n) is 16.0. The molecule has 6 heteroatoms. The predicted octanol–water partition coefficient (Wildman–Crippen LogP) is 15.1. The molecule has 0 unspecified atom stereocenters. The summed E-state index contributed by atoms with van der Waals surface area (Å²) in [6, 6.07) is 75.7. The monoisotopic (exact) mass is 821 g/mol. The molecule has 0 bridgehead atoms. The molecule has 294 valence electrons. The van der Waals surface area contributed by atoms with E-state index in [1.165, 1.54) is 47.8 Å². The van der Waals surface area contributed by atoms with Gasteiger partial charge in [0.05, 0.1) is 22.1 Å². The zero-order chi connectivity index (χ0) is 41.4. The van der Waals surface area contributed by atoms with Crippen LogP contribution in [0.15, 0.2) is 212 Å². The third-order valence-corrected chi connectivity index (χ3v) is 13.5. The van der Waals surface area contributed by atoms with Crippen molar-refractivity contribution >= 4 is 75.1 Å². The smallest absolute Gasteiger partial charge is 0.238 e. The quantitative estimate of drug-likeness (QED) is 0.168. The summed E-state index contributed by atoms with van der Waals surface area (Å²) in [7, 11) is 0. The second kappa shape index (κ2) is 14.2. The fourth-order valence-corrected chi connectivity index (χ4v) is 10.7. The van der Waals surface area contributed by atoms with Crippen molar-refractivity contribution in [2.24, 2.45) is 0 Å². The minimum Gasteiger partial charge on any atom is -0.307 e. The second-order valence-corrected chi connectivity index (χ2v) is 17.1. The van der Waals surface area contributed by atoms with Gasteiger partial charge in [0, 0.05) is 58.5 Å². The molecule has 9 aromatic carbocycles. The van der Waals surface area contributed by atoms with Gasteiger partial charge in [-0.05, 0) is 58.7 Å². The van der Waals surface area contributed by atoms with Crippen LogP contribution in [0.4, 0.5) is 0 Å². The van der Waals surface area contributed by atoms with Crippen LogP contribution < -0.4 is 0 Å². The Hall–Kier alpha value is -8.19. The van der Waals surface area contributed by atoms with Crippen LogP contribution in [-0.2, 0) is 0 Å². The molecule has 0 atom stereocenters. The van der Waals surface area contributed by atoms with Crippen molar-refractivity contribution in [2.45, 2.75) is 0 Å². The normalized spacial score (nSPS) is 11.8. The van der Waals surface area contributed by atoms with Crippen LogP contribution in [0.3, 0.4) is 0 Å². The third-order valence-electron chi connectivity index (χ3n) is 12.4. The van der Waals surface area contributed by atoms with E-state index in [0.717, 1.165) is 55.0 Å². The topological polar surface area (TPSA) is 48.5 Å². The van der Waals surface area contributed by atoms with Crippen LogP contribution in [-0.4, -0.2) is 24.1 Å². The van der Waals surface area contributed by atoms with E-state index in [1.54, 1.807) is 11.3 Å². The molecule has 63 heavy (non-hydrogen) atoms. The van der Waals surface area contributed by atoms with Crippen LogP contribution in [0, 0.1) is 0 Å². The fraction of sp³-hybridized carbons (Fsp3) is 0. The van der Waals surface area contributed by atoms with Crippen LogP contribution in [0.2, 0.25) is 0 Å². The molecule has 5 nitrogen and oxygen atoms in total. The molecule has 0 amide bonds. The molecular weight excluding hydrogens is 787 g/mol. The van der Waals surface area contributed by atoms with Gasteiger partial charge in [0.25, 0.3) is 0 Å². The molecule has 0 radical (unpaired) electrons. The molecule has 13 aromatic rings. The molecule has 0 spiro atoms. The number of fused-ring (bicyclic) bond motifs is 10. The van der Waals surface area contributed by atoms with Gasteiger partial charge < -0.3 is 4.57 Å². The van der Waals surface area contributed by atoms with E-state index in [-0.39, 0.29) is 0 Å². The van der Waals surface area contributed by atoms with Crippen LogP contribution >= 0.6 is 11.3 Å². The molecule has 0 aliphatic rings. The first-order chi connectivity index (χ1) is 31.2. The van der Waals surface area contributed by atoms with Crippen molar-refractivity contribution in [1.29, 1.82) is 0 Å². The SMILES string of the molecule is c1ccc(-c2nc(-c3ccc4c(c3)sc3ccccc34)nc(-n3c4ccccc4c4ccc5c6ccccc6n(-c6ccc(-c7ccccc7)c(-c7ccccc7)c6)c5c43)n2)cc1. The Morgan fingerprint density at radius 2 is 0.825 bits per heavy atom. The minimum atomic E-state index is 0.565.